The van der Waals surface area contributed by atoms with Gasteiger partial charge in [-0.2, -0.15) is 0 Å². The van der Waals surface area contributed by atoms with Gasteiger partial charge < -0.3 is 0 Å². The number of hydrogen-bond donors (Lipinski definition) is 0. The van der Waals surface area contributed by atoms with Gasteiger partial charge in [0.1, 0.15) is 11.6 Å². The molecule has 0 atom stereocenters. The van der Waals surface area contributed by atoms with Crippen molar-refractivity contribution in [2.75, 3.05) is 0 Å². The van der Waals surface area contributed by atoms with Crippen LogP contribution in [0, 0.1) is 5.82 Å². The van der Waals surface area contributed by atoms with Crippen LogP contribution in [0.1, 0.15) is 12.9 Å². The van der Waals surface area contributed by atoms with Gasteiger partial charge in [-0.15, -0.1) is 0 Å². The Balaban J connectivity index is 2.00. The van der Waals surface area contributed by atoms with Crippen LogP contribution >= 0.6 is 11.6 Å². The number of nitrogens with zero attached hydrogens (tertiary/aromatic N) is 3. The normalized spacial score (nSPS) is 11.9. The molecule has 0 spiro atoms. The van der Waals surface area contributed by atoms with Crippen LogP contribution in [0.15, 0.2) is 71.6 Å². The zero-order chi connectivity index (χ0) is 19.7. The Morgan fingerprint density at radius 3 is 2.78 bits per heavy atom. The maximum absolute atomic E-state index is 13.7. The monoisotopic (exact) mass is 379 g/mol. The first kappa shape index (κ1) is 15.9. The lowest BCUT2D eigenvalue weighted by Crippen LogP contribution is -2.22. The van der Waals surface area contributed by atoms with E-state index < -0.39 is 11.4 Å². The molecule has 4 rings (SSSR count). The van der Waals surface area contributed by atoms with Gasteiger partial charge in [-0.1, -0.05) is 29.8 Å². The molecule has 0 fully saturated rings. The van der Waals surface area contributed by atoms with Crippen LogP contribution in [0.3, 0.4) is 0 Å². The molecule has 6 heteroatoms. The second-order valence-electron chi connectivity index (χ2n) is 5.74. The highest BCUT2D eigenvalue weighted by Gasteiger charge is 2.14. The number of halogens is 2. The topological polar surface area (TPSA) is 47.8 Å². The van der Waals surface area contributed by atoms with Gasteiger partial charge in [0.15, 0.2) is 0 Å². The molecule has 0 radical (unpaired) electrons. The van der Waals surface area contributed by atoms with E-state index in [-0.39, 0.29) is 16.5 Å². The summed E-state index contributed by atoms with van der Waals surface area (Å²) < 4.78 is 22.7. The van der Waals surface area contributed by atoms with E-state index in [1.54, 1.807) is 30.5 Å². The summed E-state index contributed by atoms with van der Waals surface area (Å²) in [6.07, 6.45) is 5.03. The summed E-state index contributed by atoms with van der Waals surface area (Å²) in [5.74, 6) is -0.211. The van der Waals surface area contributed by atoms with Gasteiger partial charge in [-0.05, 0) is 54.6 Å². The van der Waals surface area contributed by atoms with Crippen molar-refractivity contribution in [2.45, 2.75) is 0 Å². The highest BCUT2D eigenvalue weighted by Crippen LogP contribution is 2.22. The quantitative estimate of drug-likeness (QED) is 0.516. The Morgan fingerprint density at radius 1 is 1.11 bits per heavy atom. The second kappa shape index (κ2) is 7.13. The predicted molar refractivity (Wildman–Crippen MR) is 105 cm³/mol. The third-order valence-electron chi connectivity index (χ3n) is 3.98. The van der Waals surface area contributed by atoms with Crippen LogP contribution < -0.4 is 5.56 Å². The zero-order valence-corrected chi connectivity index (χ0v) is 14.7. The molecule has 0 saturated heterocycles. The van der Waals surface area contributed by atoms with Crippen molar-refractivity contribution in [3.63, 3.8) is 0 Å². The van der Waals surface area contributed by atoms with E-state index in [0.29, 0.717) is 22.7 Å². The van der Waals surface area contributed by atoms with Crippen LogP contribution in [0.2, 0.25) is 5.02 Å². The number of fused-ring (bicyclic) bond motifs is 1. The number of aromatic nitrogens is 3. The van der Waals surface area contributed by atoms with Crippen molar-refractivity contribution in [1.82, 2.24) is 14.5 Å². The van der Waals surface area contributed by atoms with Gasteiger partial charge in [0.05, 0.1) is 28.7 Å². The van der Waals surface area contributed by atoms with Gasteiger partial charge >= 0.3 is 0 Å². The zero-order valence-electron chi connectivity index (χ0n) is 14.9. The maximum Gasteiger partial charge on any atom is 0.266 e. The van der Waals surface area contributed by atoms with E-state index in [0.717, 1.165) is 6.07 Å². The van der Waals surface area contributed by atoms with Crippen LogP contribution in [-0.2, 0) is 0 Å². The molecule has 4 aromatic rings. The molecule has 0 saturated carbocycles. The summed E-state index contributed by atoms with van der Waals surface area (Å²) in [5, 5.41) is 0.362. The van der Waals surface area contributed by atoms with Crippen molar-refractivity contribution in [2.24, 2.45) is 0 Å². The summed E-state index contributed by atoms with van der Waals surface area (Å²) in [4.78, 5) is 21.9. The molecule has 2 aromatic heterocycles. The highest BCUT2D eigenvalue weighted by molar-refractivity contribution is 6.32. The number of benzene rings is 2. The molecule has 0 aliphatic heterocycles. The molecule has 132 valence electrons. The number of para-hydroxylation sites is 1. The Hall–Kier alpha value is -3.31. The second-order valence-corrected chi connectivity index (χ2v) is 6.14. The number of pyridine rings is 1. The van der Waals surface area contributed by atoms with Gasteiger partial charge in [-0.25, -0.2) is 9.37 Å². The largest absolute Gasteiger partial charge is 0.268 e. The van der Waals surface area contributed by atoms with Gasteiger partial charge in [0, 0.05) is 6.20 Å². The first-order valence-electron chi connectivity index (χ1n) is 8.61. The van der Waals surface area contributed by atoms with Gasteiger partial charge in [0.25, 0.3) is 5.56 Å². The molecule has 0 amide bonds. The van der Waals surface area contributed by atoms with E-state index >= 15 is 0 Å². The third-order valence-corrected chi connectivity index (χ3v) is 4.28. The lowest BCUT2D eigenvalue weighted by molar-refractivity contribution is 0.629. The molecule has 2 heterocycles. The maximum atomic E-state index is 13.7. The Kier molecular flexibility index (Phi) is 4.20. The summed E-state index contributed by atoms with van der Waals surface area (Å²) in [6, 6.07) is 14.1. The fourth-order valence-electron chi connectivity index (χ4n) is 2.74. The highest BCUT2D eigenvalue weighted by atomic mass is 35.5. The van der Waals surface area contributed by atoms with Crippen molar-refractivity contribution in [1.29, 1.82) is 0 Å². The van der Waals surface area contributed by atoms with Crippen LogP contribution in [0.5, 0.6) is 0 Å². The van der Waals surface area contributed by atoms with Crippen LogP contribution in [0.4, 0.5) is 4.39 Å². The minimum atomic E-state index is -0.526. The fourth-order valence-corrected chi connectivity index (χ4v) is 2.95. The lowest BCUT2D eigenvalue weighted by Gasteiger charge is -2.12. The molecule has 0 N–H and O–H groups in total. The minimum absolute atomic E-state index is 0.140. The Bertz CT molecular complexity index is 1270. The first-order chi connectivity index (χ1) is 13.5. The van der Waals surface area contributed by atoms with Gasteiger partial charge in [-0.3, -0.25) is 14.3 Å². The predicted octanol–water partition coefficient (Wildman–Crippen LogP) is 4.74. The first-order valence-corrected chi connectivity index (χ1v) is 8.49. The Morgan fingerprint density at radius 2 is 2.00 bits per heavy atom. The van der Waals surface area contributed by atoms with E-state index in [4.69, 9.17) is 13.0 Å². The summed E-state index contributed by atoms with van der Waals surface area (Å²) in [5.41, 5.74) is 0.971. The van der Waals surface area contributed by atoms with E-state index in [9.17, 15) is 9.18 Å². The van der Waals surface area contributed by atoms with E-state index in [1.807, 2.05) is 12.1 Å². The molecule has 4 nitrogen and oxygen atoms in total. The van der Waals surface area contributed by atoms with Crippen molar-refractivity contribution in [3.05, 3.63) is 99.5 Å². The molecular weight excluding hydrogens is 365 g/mol. The molecular formula is C21H13ClFN3O. The number of hydrogen-bond acceptors (Lipinski definition) is 3. The molecule has 2 aromatic carbocycles. The summed E-state index contributed by atoms with van der Waals surface area (Å²) in [7, 11) is 0. The standard InChI is InChI=1S/C21H13ClFN3O/c22-17-6-1-2-7-19(17)26-20(11-9-15-5-3-4-12-24-15)25-18-10-8-14(23)13-16(18)21(26)27/h1-13H/b11-9+/i1T. The molecule has 0 aliphatic rings. The summed E-state index contributed by atoms with van der Waals surface area (Å²) in [6.45, 7) is 0. The molecule has 0 unspecified atom stereocenters. The van der Waals surface area contributed by atoms with Crippen LogP contribution in [-0.4, -0.2) is 14.5 Å². The van der Waals surface area contributed by atoms with E-state index in [1.165, 1.54) is 28.8 Å². The molecule has 27 heavy (non-hydrogen) atoms. The molecule has 0 bridgehead atoms. The van der Waals surface area contributed by atoms with Crippen LogP contribution in [0.25, 0.3) is 28.7 Å². The third kappa shape index (κ3) is 3.37. The molecule has 0 aliphatic carbocycles. The van der Waals surface area contributed by atoms with Crippen molar-refractivity contribution in [3.8, 4) is 5.69 Å². The smallest absolute Gasteiger partial charge is 0.266 e. The average Bonchev–Trinajstić information content (AvgIpc) is 2.69. The average molecular weight is 380 g/mol. The van der Waals surface area contributed by atoms with E-state index in [2.05, 4.69) is 9.97 Å². The number of rotatable bonds is 3. The Labute approximate surface area is 160 Å². The fraction of sp³-hybridized carbons (Fsp3) is 0. The minimum Gasteiger partial charge on any atom is -0.268 e. The summed E-state index contributed by atoms with van der Waals surface area (Å²) >= 11 is 6.29. The van der Waals surface area contributed by atoms with Crippen molar-refractivity contribution < 1.29 is 5.76 Å². The lowest BCUT2D eigenvalue weighted by atomic mass is 10.2. The van der Waals surface area contributed by atoms with Gasteiger partial charge in [0.2, 0.25) is 0 Å². The van der Waals surface area contributed by atoms with Crippen molar-refractivity contribution >= 4 is 34.7 Å². The SMILES string of the molecule is [3H]c1ccc(-n2c(/C=C/c3ccccn3)nc3ccc(F)cc3c2=O)c(Cl)c1.